The highest BCUT2D eigenvalue weighted by Crippen LogP contribution is 2.19. The predicted octanol–water partition coefficient (Wildman–Crippen LogP) is 5.20. The topological polar surface area (TPSA) is 60.4 Å². The number of hydrogen-bond donors (Lipinski definition) is 0. The molecule has 26 heavy (non-hydrogen) atoms. The number of halogens is 4. The highest BCUT2D eigenvalue weighted by molar-refractivity contribution is 6.34. The SMILES string of the molecule is CCc1cnn2c(Cl)cc(Cl)nc12.CCc1cnn2c(Cl)cc(Cl)nc12. The zero-order valence-electron chi connectivity index (χ0n) is 13.9. The van der Waals surface area contributed by atoms with Crippen molar-refractivity contribution in [2.24, 2.45) is 0 Å². The van der Waals surface area contributed by atoms with Crippen molar-refractivity contribution in [3.8, 4) is 0 Å². The van der Waals surface area contributed by atoms with Gasteiger partial charge in [0, 0.05) is 23.3 Å². The summed E-state index contributed by atoms with van der Waals surface area (Å²) in [5, 5.41) is 9.94. The number of aromatic nitrogens is 6. The van der Waals surface area contributed by atoms with Gasteiger partial charge in [-0.25, -0.2) is 19.0 Å². The molecule has 4 aromatic heterocycles. The van der Waals surface area contributed by atoms with Gasteiger partial charge in [-0.15, -0.1) is 0 Å². The molecule has 10 heteroatoms. The molecule has 0 aliphatic rings. The number of aryl methyl sites for hydroxylation is 2. The van der Waals surface area contributed by atoms with Gasteiger partial charge in [-0.1, -0.05) is 60.3 Å². The number of fused-ring (bicyclic) bond motifs is 2. The molecular weight excluding hydrogens is 418 g/mol. The zero-order valence-corrected chi connectivity index (χ0v) is 16.9. The van der Waals surface area contributed by atoms with E-state index in [1.807, 2.05) is 13.8 Å². The molecule has 0 amide bonds. The van der Waals surface area contributed by atoms with E-state index < -0.39 is 0 Å². The van der Waals surface area contributed by atoms with Crippen molar-refractivity contribution in [3.05, 3.63) is 56.3 Å². The van der Waals surface area contributed by atoms with Gasteiger partial charge in [0.1, 0.15) is 20.6 Å². The van der Waals surface area contributed by atoms with Crippen molar-refractivity contribution in [3.63, 3.8) is 0 Å². The normalized spacial score (nSPS) is 11.0. The van der Waals surface area contributed by atoms with E-state index >= 15 is 0 Å². The quantitative estimate of drug-likeness (QED) is 0.409. The third kappa shape index (κ3) is 3.74. The second-order valence-corrected chi connectivity index (χ2v) is 6.87. The summed E-state index contributed by atoms with van der Waals surface area (Å²) in [7, 11) is 0. The number of hydrogen-bond acceptors (Lipinski definition) is 4. The van der Waals surface area contributed by atoms with E-state index in [1.54, 1.807) is 33.6 Å². The molecule has 0 atom stereocenters. The maximum Gasteiger partial charge on any atom is 0.161 e. The Hall–Kier alpha value is -1.60. The van der Waals surface area contributed by atoms with Crippen molar-refractivity contribution in [2.75, 3.05) is 0 Å². The Kier molecular flexibility index (Phi) is 5.87. The lowest BCUT2D eigenvalue weighted by atomic mass is 10.3. The Morgan fingerprint density at radius 2 is 1.12 bits per heavy atom. The highest BCUT2D eigenvalue weighted by Gasteiger charge is 2.08. The molecule has 0 saturated heterocycles. The van der Waals surface area contributed by atoms with Gasteiger partial charge >= 0.3 is 0 Å². The Balaban J connectivity index is 0.000000151. The second-order valence-electron chi connectivity index (χ2n) is 5.32. The van der Waals surface area contributed by atoms with Crippen molar-refractivity contribution in [2.45, 2.75) is 26.7 Å². The van der Waals surface area contributed by atoms with E-state index in [1.165, 1.54) is 0 Å². The summed E-state index contributed by atoms with van der Waals surface area (Å²) in [6, 6.07) is 3.14. The van der Waals surface area contributed by atoms with Crippen LogP contribution in [0.4, 0.5) is 0 Å². The molecule has 0 aromatic carbocycles. The summed E-state index contributed by atoms with van der Waals surface area (Å²) in [6.45, 7) is 4.07. The van der Waals surface area contributed by atoms with E-state index in [4.69, 9.17) is 46.4 Å². The van der Waals surface area contributed by atoms with Gasteiger partial charge in [0.05, 0.1) is 12.4 Å². The summed E-state index contributed by atoms with van der Waals surface area (Å²) in [6.07, 6.45) is 5.25. The maximum absolute atomic E-state index is 5.91. The average molecular weight is 432 g/mol. The van der Waals surface area contributed by atoms with Gasteiger partial charge in [0.15, 0.2) is 11.3 Å². The van der Waals surface area contributed by atoms with Crippen molar-refractivity contribution in [1.82, 2.24) is 29.2 Å². The van der Waals surface area contributed by atoms with Crippen LogP contribution in [0.15, 0.2) is 24.5 Å². The molecule has 4 heterocycles. The molecule has 0 aliphatic carbocycles. The van der Waals surface area contributed by atoms with Gasteiger partial charge < -0.3 is 0 Å². The fourth-order valence-electron chi connectivity index (χ4n) is 2.39. The second kappa shape index (κ2) is 7.96. The molecule has 0 fully saturated rings. The fraction of sp³-hybridized carbons (Fsp3) is 0.250. The summed E-state index contributed by atoms with van der Waals surface area (Å²) < 4.78 is 3.15. The van der Waals surface area contributed by atoms with Crippen LogP contribution in [-0.2, 0) is 12.8 Å². The van der Waals surface area contributed by atoms with Crippen LogP contribution in [0.25, 0.3) is 11.3 Å². The molecule has 136 valence electrons. The van der Waals surface area contributed by atoms with Crippen LogP contribution in [-0.4, -0.2) is 29.2 Å². The Bertz CT molecular complexity index is 986. The lowest BCUT2D eigenvalue weighted by Gasteiger charge is -1.97. The molecule has 0 bridgehead atoms. The van der Waals surface area contributed by atoms with E-state index in [0.29, 0.717) is 20.6 Å². The van der Waals surface area contributed by atoms with Crippen molar-refractivity contribution < 1.29 is 0 Å². The smallest absolute Gasteiger partial charge is 0.161 e. The minimum Gasteiger partial charge on any atom is -0.216 e. The third-order valence-electron chi connectivity index (χ3n) is 3.70. The first kappa shape index (κ1) is 19.2. The average Bonchev–Trinajstić information content (AvgIpc) is 3.19. The molecular formula is C16H14Cl4N6. The van der Waals surface area contributed by atoms with Gasteiger partial charge in [0.2, 0.25) is 0 Å². The zero-order chi connectivity index (χ0) is 18.8. The third-order valence-corrected chi connectivity index (χ3v) is 4.63. The minimum atomic E-state index is 0.396. The Labute approximate surface area is 169 Å². The first-order valence-electron chi connectivity index (χ1n) is 7.81. The maximum atomic E-state index is 5.91. The van der Waals surface area contributed by atoms with E-state index in [0.717, 1.165) is 35.3 Å². The molecule has 0 N–H and O–H groups in total. The van der Waals surface area contributed by atoms with Gasteiger partial charge in [-0.2, -0.15) is 10.2 Å². The largest absolute Gasteiger partial charge is 0.216 e. The first-order valence-corrected chi connectivity index (χ1v) is 9.33. The Morgan fingerprint density at radius 1 is 0.731 bits per heavy atom. The molecule has 0 aliphatic heterocycles. The Morgan fingerprint density at radius 3 is 1.46 bits per heavy atom. The first-order chi connectivity index (χ1) is 12.4. The summed E-state index contributed by atoms with van der Waals surface area (Å²) in [4.78, 5) is 8.30. The fourth-order valence-corrected chi connectivity index (χ4v) is 3.32. The van der Waals surface area contributed by atoms with Gasteiger partial charge in [-0.05, 0) is 12.8 Å². The minimum absolute atomic E-state index is 0.396. The van der Waals surface area contributed by atoms with E-state index in [-0.39, 0.29) is 0 Å². The van der Waals surface area contributed by atoms with E-state index in [9.17, 15) is 0 Å². The van der Waals surface area contributed by atoms with Crippen LogP contribution in [0.1, 0.15) is 25.0 Å². The van der Waals surface area contributed by atoms with Crippen molar-refractivity contribution >= 4 is 57.7 Å². The lowest BCUT2D eigenvalue weighted by molar-refractivity contribution is 0.940. The molecule has 0 radical (unpaired) electrons. The molecule has 0 unspecified atom stereocenters. The van der Waals surface area contributed by atoms with Crippen LogP contribution in [0, 0.1) is 0 Å². The van der Waals surface area contributed by atoms with Crippen molar-refractivity contribution in [1.29, 1.82) is 0 Å². The van der Waals surface area contributed by atoms with E-state index in [2.05, 4.69) is 20.2 Å². The van der Waals surface area contributed by atoms with Gasteiger partial charge in [0.25, 0.3) is 0 Å². The predicted molar refractivity (Wildman–Crippen MR) is 105 cm³/mol. The summed E-state index contributed by atoms with van der Waals surface area (Å²) in [5.74, 6) is 0. The molecule has 0 saturated carbocycles. The van der Waals surface area contributed by atoms with Gasteiger partial charge in [-0.3, -0.25) is 0 Å². The standard InChI is InChI=1S/2C8H7Cl2N3/c2*1-2-5-4-11-13-7(10)3-6(9)12-8(5)13/h2*3-4H,2H2,1H3. The number of rotatable bonds is 2. The van der Waals surface area contributed by atoms with Crippen LogP contribution in [0.5, 0.6) is 0 Å². The summed E-state index contributed by atoms with van der Waals surface area (Å²) >= 11 is 23.4. The lowest BCUT2D eigenvalue weighted by Crippen LogP contribution is -1.93. The molecule has 6 nitrogen and oxygen atoms in total. The molecule has 4 rings (SSSR count). The number of nitrogens with zero attached hydrogens (tertiary/aromatic N) is 6. The summed E-state index contributed by atoms with van der Waals surface area (Å²) in [5.41, 5.74) is 3.56. The van der Waals surface area contributed by atoms with Crippen LogP contribution in [0.2, 0.25) is 20.6 Å². The van der Waals surface area contributed by atoms with Crippen LogP contribution < -0.4 is 0 Å². The van der Waals surface area contributed by atoms with Crippen LogP contribution in [0.3, 0.4) is 0 Å². The highest BCUT2D eigenvalue weighted by atomic mass is 35.5. The monoisotopic (exact) mass is 430 g/mol. The molecule has 0 spiro atoms. The van der Waals surface area contributed by atoms with Crippen LogP contribution >= 0.6 is 46.4 Å². The molecule has 4 aromatic rings.